The zero-order valence-electron chi connectivity index (χ0n) is 10.9. The van der Waals surface area contributed by atoms with Crippen LogP contribution < -0.4 is 4.74 Å². The highest BCUT2D eigenvalue weighted by Gasteiger charge is 2.03. The molecule has 0 amide bonds. The first kappa shape index (κ1) is 13.8. The van der Waals surface area contributed by atoms with Crippen LogP contribution in [0.4, 0.5) is 0 Å². The maximum absolute atomic E-state index is 11.6. The molecular weight excluding hydrogens is 212 g/mol. The lowest BCUT2D eigenvalue weighted by molar-refractivity contribution is -0.119. The number of hydrogen-bond acceptors (Lipinski definition) is 2. The van der Waals surface area contributed by atoms with Gasteiger partial charge in [-0.15, -0.1) is 0 Å². The molecule has 2 heteroatoms. The van der Waals surface area contributed by atoms with E-state index in [-0.39, 0.29) is 0 Å². The third-order valence-electron chi connectivity index (χ3n) is 2.89. The lowest BCUT2D eigenvalue weighted by Crippen LogP contribution is -2.00. The van der Waals surface area contributed by atoms with Crippen molar-refractivity contribution in [2.45, 2.75) is 45.4 Å². The molecule has 1 rings (SSSR count). The molecule has 1 aromatic carbocycles. The summed E-state index contributed by atoms with van der Waals surface area (Å²) in [5.41, 5.74) is 1.17. The van der Waals surface area contributed by atoms with Crippen molar-refractivity contribution in [1.82, 2.24) is 0 Å². The Kier molecular flexibility index (Phi) is 6.38. The van der Waals surface area contributed by atoms with Crippen LogP contribution in [-0.2, 0) is 11.2 Å². The molecule has 0 bridgehead atoms. The van der Waals surface area contributed by atoms with E-state index in [4.69, 9.17) is 4.74 Å². The minimum atomic E-state index is 0.376. The standard InChI is InChI=1S/C15H22O2/c1-3-4-5-8-14(16)11-10-13-7-6-9-15(12-13)17-2/h6-7,9,12H,3-5,8,10-11H2,1-2H3. The molecule has 0 aromatic heterocycles. The van der Waals surface area contributed by atoms with Gasteiger partial charge in [0.2, 0.25) is 0 Å². The molecule has 0 fully saturated rings. The number of ether oxygens (including phenoxy) is 1. The van der Waals surface area contributed by atoms with E-state index in [0.29, 0.717) is 12.2 Å². The van der Waals surface area contributed by atoms with Crippen LogP contribution in [0.25, 0.3) is 0 Å². The van der Waals surface area contributed by atoms with Crippen molar-refractivity contribution in [3.8, 4) is 5.75 Å². The fourth-order valence-corrected chi connectivity index (χ4v) is 1.81. The number of unbranched alkanes of at least 4 members (excludes halogenated alkanes) is 2. The highest BCUT2D eigenvalue weighted by atomic mass is 16.5. The quantitative estimate of drug-likeness (QED) is 0.640. The molecule has 0 heterocycles. The van der Waals surface area contributed by atoms with Crippen LogP contribution in [-0.4, -0.2) is 12.9 Å². The summed E-state index contributed by atoms with van der Waals surface area (Å²) in [6, 6.07) is 7.93. The fraction of sp³-hybridized carbons (Fsp3) is 0.533. The van der Waals surface area contributed by atoms with E-state index in [2.05, 4.69) is 6.92 Å². The largest absolute Gasteiger partial charge is 0.497 e. The average Bonchev–Trinajstić information content (AvgIpc) is 2.37. The van der Waals surface area contributed by atoms with E-state index in [1.54, 1.807) is 7.11 Å². The number of carbonyl (C=O) groups is 1. The van der Waals surface area contributed by atoms with Gasteiger partial charge in [0.05, 0.1) is 7.11 Å². The summed E-state index contributed by atoms with van der Waals surface area (Å²) in [6.07, 6.45) is 5.57. The van der Waals surface area contributed by atoms with Crippen molar-refractivity contribution in [2.75, 3.05) is 7.11 Å². The number of aryl methyl sites for hydroxylation is 1. The highest BCUT2D eigenvalue weighted by Crippen LogP contribution is 2.14. The lowest BCUT2D eigenvalue weighted by Gasteiger charge is -2.04. The van der Waals surface area contributed by atoms with E-state index < -0.39 is 0 Å². The molecule has 0 unspecified atom stereocenters. The Hall–Kier alpha value is -1.31. The predicted octanol–water partition coefficient (Wildman–Crippen LogP) is 3.78. The Morgan fingerprint density at radius 2 is 2.06 bits per heavy atom. The highest BCUT2D eigenvalue weighted by molar-refractivity contribution is 5.78. The third-order valence-corrected chi connectivity index (χ3v) is 2.89. The van der Waals surface area contributed by atoms with E-state index in [1.807, 2.05) is 24.3 Å². The van der Waals surface area contributed by atoms with Crippen LogP contribution in [0.15, 0.2) is 24.3 Å². The fourth-order valence-electron chi connectivity index (χ4n) is 1.81. The molecule has 0 spiro atoms. The molecule has 2 nitrogen and oxygen atoms in total. The zero-order chi connectivity index (χ0) is 12.5. The summed E-state index contributed by atoms with van der Waals surface area (Å²) in [5.74, 6) is 1.24. The van der Waals surface area contributed by atoms with Gasteiger partial charge in [-0.25, -0.2) is 0 Å². The van der Waals surface area contributed by atoms with Crippen LogP contribution in [0.2, 0.25) is 0 Å². The molecule has 0 aliphatic heterocycles. The normalized spacial score (nSPS) is 10.2. The molecule has 0 radical (unpaired) electrons. The predicted molar refractivity (Wildman–Crippen MR) is 70.5 cm³/mol. The maximum Gasteiger partial charge on any atom is 0.133 e. The number of Topliss-reactive ketones (excluding diaryl/α,β-unsaturated/α-hetero) is 1. The number of benzene rings is 1. The SMILES string of the molecule is CCCCCC(=O)CCc1cccc(OC)c1. The van der Waals surface area contributed by atoms with Gasteiger partial charge in [-0.2, -0.15) is 0 Å². The van der Waals surface area contributed by atoms with Gasteiger partial charge in [0.15, 0.2) is 0 Å². The minimum absolute atomic E-state index is 0.376. The number of carbonyl (C=O) groups excluding carboxylic acids is 1. The van der Waals surface area contributed by atoms with Gasteiger partial charge in [-0.1, -0.05) is 31.9 Å². The molecule has 17 heavy (non-hydrogen) atoms. The van der Waals surface area contributed by atoms with Crippen molar-refractivity contribution in [3.63, 3.8) is 0 Å². The van der Waals surface area contributed by atoms with Gasteiger partial charge in [-0.3, -0.25) is 4.79 Å². The van der Waals surface area contributed by atoms with Crippen LogP contribution in [0.3, 0.4) is 0 Å². The number of hydrogen-bond donors (Lipinski definition) is 0. The molecule has 0 saturated heterocycles. The average molecular weight is 234 g/mol. The number of ketones is 1. The van der Waals surface area contributed by atoms with Gasteiger partial charge in [0.1, 0.15) is 11.5 Å². The maximum atomic E-state index is 11.6. The van der Waals surface area contributed by atoms with Crippen molar-refractivity contribution in [3.05, 3.63) is 29.8 Å². The van der Waals surface area contributed by atoms with Gasteiger partial charge in [0.25, 0.3) is 0 Å². The van der Waals surface area contributed by atoms with Gasteiger partial charge < -0.3 is 4.74 Å². The van der Waals surface area contributed by atoms with Gasteiger partial charge in [0, 0.05) is 12.8 Å². The Bertz CT molecular complexity index is 345. The molecule has 1 aromatic rings. The van der Waals surface area contributed by atoms with E-state index >= 15 is 0 Å². The molecule has 0 aliphatic carbocycles. The topological polar surface area (TPSA) is 26.3 Å². The Labute approximate surface area is 104 Å². The van der Waals surface area contributed by atoms with Crippen LogP contribution in [0.1, 0.15) is 44.6 Å². The van der Waals surface area contributed by atoms with Crippen LogP contribution >= 0.6 is 0 Å². The zero-order valence-corrected chi connectivity index (χ0v) is 10.9. The van der Waals surface area contributed by atoms with E-state index in [1.165, 1.54) is 12.0 Å². The molecular formula is C15H22O2. The molecule has 0 N–H and O–H groups in total. The van der Waals surface area contributed by atoms with E-state index in [9.17, 15) is 4.79 Å². The summed E-state index contributed by atoms with van der Waals surface area (Å²) < 4.78 is 5.16. The monoisotopic (exact) mass is 234 g/mol. The van der Waals surface area contributed by atoms with E-state index in [0.717, 1.165) is 31.4 Å². The first-order chi connectivity index (χ1) is 8.26. The summed E-state index contributed by atoms with van der Waals surface area (Å²) >= 11 is 0. The number of methoxy groups -OCH3 is 1. The Morgan fingerprint density at radius 1 is 1.24 bits per heavy atom. The third kappa shape index (κ3) is 5.53. The van der Waals surface area contributed by atoms with Crippen molar-refractivity contribution >= 4 is 5.78 Å². The van der Waals surface area contributed by atoms with Crippen molar-refractivity contribution < 1.29 is 9.53 Å². The summed E-state index contributed by atoms with van der Waals surface area (Å²) in [5, 5.41) is 0. The molecule has 0 aliphatic rings. The summed E-state index contributed by atoms with van der Waals surface area (Å²) in [7, 11) is 1.66. The van der Waals surface area contributed by atoms with Gasteiger partial charge >= 0.3 is 0 Å². The van der Waals surface area contributed by atoms with Gasteiger partial charge in [-0.05, 0) is 30.5 Å². The lowest BCUT2D eigenvalue weighted by atomic mass is 10.0. The second kappa shape index (κ2) is 7.88. The molecule has 0 saturated carbocycles. The second-order valence-electron chi connectivity index (χ2n) is 4.35. The second-order valence-corrected chi connectivity index (χ2v) is 4.35. The van der Waals surface area contributed by atoms with Crippen LogP contribution in [0.5, 0.6) is 5.75 Å². The van der Waals surface area contributed by atoms with Crippen molar-refractivity contribution in [2.24, 2.45) is 0 Å². The first-order valence-corrected chi connectivity index (χ1v) is 6.41. The Morgan fingerprint density at radius 3 is 2.76 bits per heavy atom. The Balaban J connectivity index is 2.31. The minimum Gasteiger partial charge on any atom is -0.497 e. The molecule has 94 valence electrons. The number of rotatable bonds is 8. The molecule has 0 atom stereocenters. The smallest absolute Gasteiger partial charge is 0.133 e. The van der Waals surface area contributed by atoms with Crippen LogP contribution in [0, 0.1) is 0 Å². The summed E-state index contributed by atoms with van der Waals surface area (Å²) in [4.78, 5) is 11.6. The summed E-state index contributed by atoms with van der Waals surface area (Å²) in [6.45, 7) is 2.15. The van der Waals surface area contributed by atoms with Crippen molar-refractivity contribution in [1.29, 1.82) is 0 Å². The first-order valence-electron chi connectivity index (χ1n) is 6.41.